The molecule has 3 nitrogen and oxygen atoms in total. The summed E-state index contributed by atoms with van der Waals surface area (Å²) in [6.45, 7) is 0.299. The van der Waals surface area contributed by atoms with Gasteiger partial charge in [-0.25, -0.2) is 0 Å². The van der Waals surface area contributed by atoms with Crippen LogP contribution in [0.4, 0.5) is 0 Å². The maximum atomic E-state index is 11.4. The summed E-state index contributed by atoms with van der Waals surface area (Å²) in [7, 11) is 1.37. The van der Waals surface area contributed by atoms with Crippen molar-refractivity contribution >= 4 is 29.2 Å². The van der Waals surface area contributed by atoms with Crippen molar-refractivity contribution in [2.45, 2.75) is 13.0 Å². The van der Waals surface area contributed by atoms with Crippen molar-refractivity contribution in [3.63, 3.8) is 0 Å². The number of rotatable bonds is 5. The van der Waals surface area contributed by atoms with Gasteiger partial charge in [0.1, 0.15) is 17.4 Å². The van der Waals surface area contributed by atoms with Crippen molar-refractivity contribution in [2.24, 2.45) is 0 Å². The van der Waals surface area contributed by atoms with Gasteiger partial charge in [0.15, 0.2) is 0 Å². The maximum absolute atomic E-state index is 11.4. The standard InChI is InChI=1S/C16H14Cl2O3/c1-20-15(19)9-11-5-2-3-6-12(11)10-21-14-8-4-7-13(17)16(14)18/h2-8H,9-10H2,1H3. The Balaban J connectivity index is 2.13. The number of ether oxygens (including phenoxy) is 2. The zero-order valence-electron chi connectivity index (χ0n) is 11.4. The number of halogens is 2. The first kappa shape index (κ1) is 15.7. The van der Waals surface area contributed by atoms with Crippen LogP contribution in [0, 0.1) is 0 Å². The average Bonchev–Trinajstić information content (AvgIpc) is 2.50. The Morgan fingerprint density at radius 1 is 1.05 bits per heavy atom. The van der Waals surface area contributed by atoms with Gasteiger partial charge in [-0.3, -0.25) is 4.79 Å². The van der Waals surface area contributed by atoms with Gasteiger partial charge in [-0.05, 0) is 23.3 Å². The number of methoxy groups -OCH3 is 1. The summed E-state index contributed by atoms with van der Waals surface area (Å²) >= 11 is 12.0. The van der Waals surface area contributed by atoms with E-state index in [0.717, 1.165) is 11.1 Å². The molecule has 0 aliphatic carbocycles. The fourth-order valence-electron chi connectivity index (χ4n) is 1.85. The molecule has 2 rings (SSSR count). The van der Waals surface area contributed by atoms with Gasteiger partial charge in [-0.2, -0.15) is 0 Å². The van der Waals surface area contributed by atoms with Crippen LogP contribution in [0.1, 0.15) is 11.1 Å². The van der Waals surface area contributed by atoms with E-state index in [9.17, 15) is 4.79 Å². The molecule has 0 atom stereocenters. The molecule has 0 spiro atoms. The Morgan fingerprint density at radius 2 is 1.76 bits per heavy atom. The lowest BCUT2D eigenvalue weighted by atomic mass is 10.1. The van der Waals surface area contributed by atoms with Gasteiger partial charge in [-0.1, -0.05) is 53.5 Å². The normalized spacial score (nSPS) is 10.2. The summed E-state index contributed by atoms with van der Waals surface area (Å²) in [5, 5.41) is 0.821. The molecular formula is C16H14Cl2O3. The van der Waals surface area contributed by atoms with E-state index in [1.165, 1.54) is 7.11 Å². The van der Waals surface area contributed by atoms with Crippen LogP contribution in [-0.4, -0.2) is 13.1 Å². The van der Waals surface area contributed by atoms with Crippen molar-refractivity contribution in [1.29, 1.82) is 0 Å². The third kappa shape index (κ3) is 4.13. The summed E-state index contributed by atoms with van der Waals surface area (Å²) in [6.07, 6.45) is 0.208. The number of carbonyl (C=O) groups excluding carboxylic acids is 1. The molecular weight excluding hydrogens is 311 g/mol. The second-order valence-electron chi connectivity index (χ2n) is 4.36. The Bertz CT molecular complexity index is 641. The lowest BCUT2D eigenvalue weighted by molar-refractivity contribution is -0.139. The molecule has 5 heteroatoms. The number of esters is 1. The molecule has 0 aliphatic heterocycles. The smallest absolute Gasteiger partial charge is 0.309 e. The molecule has 0 heterocycles. The number of hydrogen-bond donors (Lipinski definition) is 0. The maximum Gasteiger partial charge on any atom is 0.309 e. The second-order valence-corrected chi connectivity index (χ2v) is 5.15. The summed E-state index contributed by atoms with van der Waals surface area (Å²) in [6, 6.07) is 12.7. The lowest BCUT2D eigenvalue weighted by Gasteiger charge is -2.12. The van der Waals surface area contributed by atoms with Gasteiger partial charge in [0, 0.05) is 0 Å². The first-order valence-electron chi connectivity index (χ1n) is 6.32. The van der Waals surface area contributed by atoms with Crippen LogP contribution in [0.2, 0.25) is 10.0 Å². The molecule has 2 aromatic carbocycles. The molecule has 0 bridgehead atoms. The molecule has 0 unspecified atom stereocenters. The summed E-state index contributed by atoms with van der Waals surface area (Å²) < 4.78 is 10.4. The highest BCUT2D eigenvalue weighted by molar-refractivity contribution is 6.42. The van der Waals surface area contributed by atoms with E-state index < -0.39 is 0 Å². The molecule has 0 saturated heterocycles. The van der Waals surface area contributed by atoms with Crippen LogP contribution in [-0.2, 0) is 22.6 Å². The third-order valence-corrected chi connectivity index (χ3v) is 3.78. The zero-order chi connectivity index (χ0) is 15.2. The van der Waals surface area contributed by atoms with E-state index in [1.807, 2.05) is 24.3 Å². The van der Waals surface area contributed by atoms with Crippen molar-refractivity contribution in [2.75, 3.05) is 7.11 Å². The predicted molar refractivity (Wildman–Crippen MR) is 83.0 cm³/mol. The average molecular weight is 325 g/mol. The SMILES string of the molecule is COC(=O)Cc1ccccc1COc1cccc(Cl)c1Cl. The molecule has 110 valence electrons. The van der Waals surface area contributed by atoms with Gasteiger partial charge in [0.05, 0.1) is 18.6 Å². The molecule has 21 heavy (non-hydrogen) atoms. The fourth-order valence-corrected chi connectivity index (χ4v) is 2.20. The largest absolute Gasteiger partial charge is 0.487 e. The van der Waals surface area contributed by atoms with Crippen LogP contribution in [0.15, 0.2) is 42.5 Å². The summed E-state index contributed by atoms with van der Waals surface area (Å²) in [5.41, 5.74) is 1.77. The van der Waals surface area contributed by atoms with Gasteiger partial charge < -0.3 is 9.47 Å². The highest BCUT2D eigenvalue weighted by atomic mass is 35.5. The minimum Gasteiger partial charge on any atom is -0.487 e. The van der Waals surface area contributed by atoms with E-state index >= 15 is 0 Å². The van der Waals surface area contributed by atoms with E-state index in [4.69, 9.17) is 27.9 Å². The van der Waals surface area contributed by atoms with E-state index in [-0.39, 0.29) is 12.4 Å². The summed E-state index contributed by atoms with van der Waals surface area (Å²) in [5.74, 6) is 0.222. The van der Waals surface area contributed by atoms with Gasteiger partial charge in [0.2, 0.25) is 0 Å². The third-order valence-electron chi connectivity index (χ3n) is 2.98. The highest BCUT2D eigenvalue weighted by Crippen LogP contribution is 2.32. The molecule has 2 aromatic rings. The number of carbonyl (C=O) groups is 1. The Hall–Kier alpha value is -1.71. The molecule has 0 N–H and O–H groups in total. The number of benzene rings is 2. The van der Waals surface area contributed by atoms with Gasteiger partial charge >= 0.3 is 5.97 Å². The predicted octanol–water partition coefficient (Wildman–Crippen LogP) is 4.29. The van der Waals surface area contributed by atoms with Crippen LogP contribution in [0.25, 0.3) is 0 Å². The molecule has 0 radical (unpaired) electrons. The Kier molecular flexibility index (Phi) is 5.48. The molecule has 0 aromatic heterocycles. The Morgan fingerprint density at radius 3 is 2.48 bits per heavy atom. The van der Waals surface area contributed by atoms with E-state index in [2.05, 4.69) is 4.74 Å². The topological polar surface area (TPSA) is 35.5 Å². The lowest BCUT2D eigenvalue weighted by Crippen LogP contribution is -2.08. The van der Waals surface area contributed by atoms with Gasteiger partial charge in [-0.15, -0.1) is 0 Å². The van der Waals surface area contributed by atoms with E-state index in [0.29, 0.717) is 22.4 Å². The van der Waals surface area contributed by atoms with Crippen LogP contribution in [0.5, 0.6) is 5.75 Å². The first-order valence-corrected chi connectivity index (χ1v) is 7.08. The van der Waals surface area contributed by atoms with Crippen molar-refractivity contribution in [3.05, 3.63) is 63.6 Å². The molecule has 0 saturated carbocycles. The van der Waals surface area contributed by atoms with Crippen LogP contribution < -0.4 is 4.74 Å². The molecule has 0 aliphatic rings. The second kappa shape index (κ2) is 7.34. The highest BCUT2D eigenvalue weighted by Gasteiger charge is 2.10. The Labute approximate surface area is 133 Å². The summed E-state index contributed by atoms with van der Waals surface area (Å²) in [4.78, 5) is 11.4. The zero-order valence-corrected chi connectivity index (χ0v) is 12.9. The molecule has 0 amide bonds. The van der Waals surface area contributed by atoms with Crippen LogP contribution in [0.3, 0.4) is 0 Å². The monoisotopic (exact) mass is 324 g/mol. The minimum absolute atomic E-state index is 0.208. The van der Waals surface area contributed by atoms with Crippen molar-refractivity contribution in [3.8, 4) is 5.75 Å². The van der Waals surface area contributed by atoms with Crippen molar-refractivity contribution in [1.82, 2.24) is 0 Å². The molecule has 0 fully saturated rings. The fraction of sp³-hybridized carbons (Fsp3) is 0.188. The minimum atomic E-state index is -0.289. The number of hydrogen-bond acceptors (Lipinski definition) is 3. The van der Waals surface area contributed by atoms with E-state index in [1.54, 1.807) is 18.2 Å². The van der Waals surface area contributed by atoms with Crippen molar-refractivity contribution < 1.29 is 14.3 Å². The van der Waals surface area contributed by atoms with Gasteiger partial charge in [0.25, 0.3) is 0 Å². The van der Waals surface area contributed by atoms with Crippen LogP contribution >= 0.6 is 23.2 Å². The quantitative estimate of drug-likeness (QED) is 0.770. The first-order chi connectivity index (χ1) is 10.1.